The number of nitrogens with two attached hydrogens (primary N) is 1. The van der Waals surface area contributed by atoms with Crippen molar-refractivity contribution in [2.24, 2.45) is 5.14 Å². The van der Waals surface area contributed by atoms with Crippen LogP contribution in [0.4, 0.5) is 4.39 Å². The van der Waals surface area contributed by atoms with E-state index in [-0.39, 0.29) is 0 Å². The summed E-state index contributed by atoms with van der Waals surface area (Å²) in [7, 11) is -3.91. The minimum atomic E-state index is -3.91. The maximum atomic E-state index is 12.6. The molecule has 0 saturated heterocycles. The normalized spacial score (nSPS) is 10.1. The molecule has 0 amide bonds. The van der Waals surface area contributed by atoms with Gasteiger partial charge in [0.25, 0.3) is 0 Å². The molecule has 0 atom stereocenters. The third-order valence-corrected chi connectivity index (χ3v) is 3.19. The summed E-state index contributed by atoms with van der Waals surface area (Å²) in [6, 6.07) is 4.96. The first-order valence-electron chi connectivity index (χ1n) is 8.09. The molecule has 1 aromatic carbocycles. The molecule has 0 aliphatic heterocycles. The van der Waals surface area contributed by atoms with E-state index in [9.17, 15) is 41.6 Å². The average Bonchev–Trinajstić information content (AvgIpc) is 2.70. The number of primary sulfonamides is 1. The lowest BCUT2D eigenvalue weighted by molar-refractivity contribution is -0.134. The lowest BCUT2D eigenvalue weighted by Crippen LogP contribution is -2.13. The van der Waals surface area contributed by atoms with Crippen LogP contribution < -0.4 is 5.14 Å². The first-order valence-corrected chi connectivity index (χ1v) is 9.63. The summed E-state index contributed by atoms with van der Waals surface area (Å²) in [5.74, 6) is -8.37. The van der Waals surface area contributed by atoms with Crippen LogP contribution in [0, 0.1) is 5.82 Å². The number of carboxylic acid groups (broad SMARTS) is 6. The summed E-state index contributed by atoms with van der Waals surface area (Å²) in [5, 5.41) is 51.6. The van der Waals surface area contributed by atoms with Crippen molar-refractivity contribution in [3.8, 4) is 0 Å². The van der Waals surface area contributed by atoms with Crippen molar-refractivity contribution >= 4 is 45.8 Å². The summed E-state index contributed by atoms with van der Waals surface area (Å²) in [6.45, 7) is 0. The molecule has 0 aliphatic rings. The van der Waals surface area contributed by atoms with Crippen LogP contribution in [-0.4, -0.2) is 74.9 Å². The van der Waals surface area contributed by atoms with Crippen molar-refractivity contribution in [2.45, 2.75) is 4.90 Å². The first-order chi connectivity index (χ1) is 15.9. The number of carbonyl (C=O) groups is 6. The molecule has 192 valence electrons. The zero-order valence-corrected chi connectivity index (χ0v) is 17.9. The molecule has 0 fully saturated rings. The Morgan fingerprint density at radius 3 is 0.971 bits per heavy atom. The highest BCUT2D eigenvalue weighted by Gasteiger charge is 2.11. The van der Waals surface area contributed by atoms with Gasteiger partial charge in [-0.2, -0.15) is 0 Å². The van der Waals surface area contributed by atoms with Crippen LogP contribution in [0.3, 0.4) is 0 Å². The van der Waals surface area contributed by atoms with Gasteiger partial charge in [-0.15, -0.1) is 0 Å². The number of aliphatic carboxylic acids is 6. The van der Waals surface area contributed by atoms with Gasteiger partial charge in [0.2, 0.25) is 10.0 Å². The topological polar surface area (TPSA) is 284 Å². The highest BCUT2D eigenvalue weighted by atomic mass is 32.2. The van der Waals surface area contributed by atoms with Crippen LogP contribution in [0.5, 0.6) is 0 Å². The average molecular weight is 523 g/mol. The summed E-state index contributed by atoms with van der Waals surface area (Å²) >= 11 is 0. The Morgan fingerprint density at radius 2 is 0.829 bits per heavy atom. The predicted molar refractivity (Wildman–Crippen MR) is 111 cm³/mol. The quantitative estimate of drug-likeness (QED) is 0.224. The van der Waals surface area contributed by atoms with E-state index in [0.717, 1.165) is 12.1 Å². The highest BCUT2D eigenvalue weighted by molar-refractivity contribution is 7.89. The molecule has 1 rings (SSSR count). The molecule has 1 aromatic rings. The minimum absolute atomic E-state index is 0.472. The molecule has 17 heteroatoms. The van der Waals surface area contributed by atoms with Crippen molar-refractivity contribution in [3.63, 3.8) is 0 Å². The van der Waals surface area contributed by atoms with E-state index in [1.807, 2.05) is 0 Å². The van der Waals surface area contributed by atoms with E-state index < -0.39 is 56.6 Å². The molecule has 15 nitrogen and oxygen atoms in total. The summed E-state index contributed by atoms with van der Waals surface area (Å²) in [5.41, 5.74) is 0. The van der Waals surface area contributed by atoms with Crippen molar-refractivity contribution < 1.29 is 72.2 Å². The van der Waals surface area contributed by atoms with E-state index in [0.29, 0.717) is 36.5 Å². The number of rotatable bonds is 7. The lowest BCUT2D eigenvalue weighted by atomic mass is 10.4. The second-order valence-electron chi connectivity index (χ2n) is 5.00. The smallest absolute Gasteiger partial charge is 0.328 e. The predicted octanol–water partition coefficient (Wildman–Crippen LogP) is -0.391. The summed E-state index contributed by atoms with van der Waals surface area (Å²) in [4.78, 5) is 56.8. The molecule has 0 unspecified atom stereocenters. The van der Waals surface area contributed by atoms with Gasteiger partial charge in [-0.1, -0.05) is 12.1 Å². The Morgan fingerprint density at radius 1 is 0.600 bits per heavy atom. The van der Waals surface area contributed by atoms with E-state index in [2.05, 4.69) is 5.14 Å². The largest absolute Gasteiger partial charge is 0.478 e. The van der Waals surface area contributed by atoms with Crippen molar-refractivity contribution in [3.05, 3.63) is 66.5 Å². The molecular weight excluding hydrogens is 505 g/mol. The number of benzene rings is 1. The van der Waals surface area contributed by atoms with Gasteiger partial charge in [-0.05, 0) is 12.1 Å². The third-order valence-electron chi connectivity index (χ3n) is 2.25. The Hall–Kier alpha value is -4.90. The van der Waals surface area contributed by atoms with Crippen LogP contribution in [0.2, 0.25) is 0 Å². The van der Waals surface area contributed by atoms with Crippen molar-refractivity contribution in [1.82, 2.24) is 0 Å². The van der Waals surface area contributed by atoms with Crippen LogP contribution in [-0.2, 0) is 38.8 Å². The van der Waals surface area contributed by atoms with Crippen LogP contribution in [0.1, 0.15) is 0 Å². The molecule has 0 heterocycles. The van der Waals surface area contributed by atoms with Crippen molar-refractivity contribution in [1.29, 1.82) is 0 Å². The lowest BCUT2D eigenvalue weighted by Gasteiger charge is -1.97. The Bertz CT molecular complexity index is 977. The number of hydrogen-bond donors (Lipinski definition) is 7. The van der Waals surface area contributed by atoms with Gasteiger partial charge >= 0.3 is 35.8 Å². The fraction of sp³-hybridized carbons (Fsp3) is 0. The monoisotopic (exact) mass is 523 g/mol. The Kier molecular flexibility index (Phi) is 18.5. The van der Waals surface area contributed by atoms with Crippen LogP contribution in [0.15, 0.2) is 65.6 Å². The SMILES string of the molecule is NS(=O)(=O)c1ccccc1F.O=C(O)/C=C\C(=O)O.O=C(O)/C=C\C(=O)O.O=C(O)/C=C\C(=O)O. The molecular formula is C18H18FNO14S. The van der Waals surface area contributed by atoms with Gasteiger partial charge in [0.05, 0.1) is 0 Å². The van der Waals surface area contributed by atoms with Crippen LogP contribution >= 0.6 is 0 Å². The van der Waals surface area contributed by atoms with E-state index in [4.69, 9.17) is 30.6 Å². The van der Waals surface area contributed by atoms with E-state index in [1.165, 1.54) is 12.1 Å². The number of carboxylic acids is 6. The molecule has 0 aromatic heterocycles. The second-order valence-corrected chi connectivity index (χ2v) is 6.53. The second kappa shape index (κ2) is 18.7. The molecule has 0 saturated carbocycles. The maximum absolute atomic E-state index is 12.6. The first kappa shape index (κ1) is 34.7. The van der Waals surface area contributed by atoms with Gasteiger partial charge in [-0.3, -0.25) is 0 Å². The molecule has 0 spiro atoms. The van der Waals surface area contributed by atoms with E-state index in [1.54, 1.807) is 0 Å². The standard InChI is InChI=1S/C6H6FNO2S.3C4H4O4/c7-5-3-1-2-4-6(5)11(8,9)10;3*5-3(6)1-2-4(7)8/h1-4H,(H2,8,9,10);3*1-2H,(H,5,6)(H,7,8)/b;3*2-1-. The zero-order valence-electron chi connectivity index (χ0n) is 17.1. The minimum Gasteiger partial charge on any atom is -0.478 e. The molecule has 0 aliphatic carbocycles. The number of hydrogen-bond acceptors (Lipinski definition) is 8. The molecule has 8 N–H and O–H groups in total. The highest BCUT2D eigenvalue weighted by Crippen LogP contribution is 2.10. The van der Waals surface area contributed by atoms with Crippen molar-refractivity contribution in [2.75, 3.05) is 0 Å². The molecule has 35 heavy (non-hydrogen) atoms. The zero-order chi connectivity index (χ0) is 28.2. The number of sulfonamides is 1. The van der Waals surface area contributed by atoms with E-state index >= 15 is 0 Å². The Labute approximate surface area is 195 Å². The maximum Gasteiger partial charge on any atom is 0.328 e. The third kappa shape index (κ3) is 29.1. The van der Waals surface area contributed by atoms with Crippen LogP contribution in [0.25, 0.3) is 0 Å². The van der Waals surface area contributed by atoms with Gasteiger partial charge in [-0.25, -0.2) is 46.7 Å². The van der Waals surface area contributed by atoms with Gasteiger partial charge in [0, 0.05) is 36.5 Å². The summed E-state index contributed by atoms with van der Waals surface area (Å²) < 4.78 is 33.8. The molecule has 0 bridgehead atoms. The van der Waals surface area contributed by atoms with Gasteiger partial charge < -0.3 is 30.6 Å². The van der Waals surface area contributed by atoms with Gasteiger partial charge in [0.1, 0.15) is 10.7 Å². The fourth-order valence-electron chi connectivity index (χ4n) is 1.10. The fourth-order valence-corrected chi connectivity index (χ4v) is 1.71. The van der Waals surface area contributed by atoms with Gasteiger partial charge in [0.15, 0.2) is 0 Å². The molecule has 0 radical (unpaired) electrons. The number of halogens is 1. The Balaban J connectivity index is -0.000000396. The summed E-state index contributed by atoms with van der Waals surface area (Å²) in [6.07, 6.45) is 3.35.